The maximum atomic E-state index is 13.4. The maximum absolute atomic E-state index is 13.4. The van der Waals surface area contributed by atoms with E-state index in [1.165, 1.54) is 6.07 Å². The van der Waals surface area contributed by atoms with Crippen LogP contribution < -0.4 is 5.32 Å². The van der Waals surface area contributed by atoms with Crippen LogP contribution in [0.3, 0.4) is 0 Å². The van der Waals surface area contributed by atoms with E-state index in [-0.39, 0.29) is 29.1 Å². The van der Waals surface area contributed by atoms with E-state index in [0.717, 1.165) is 51.5 Å². The fourth-order valence-electron chi connectivity index (χ4n) is 4.91. The van der Waals surface area contributed by atoms with E-state index in [1.807, 2.05) is 38.1 Å². The van der Waals surface area contributed by atoms with Gasteiger partial charge in [-0.2, -0.15) is 0 Å². The van der Waals surface area contributed by atoms with Crippen LogP contribution in [0, 0.1) is 0 Å². The number of hydrogen-bond donors (Lipinski definition) is 3. The average molecular weight is 567 g/mol. The quantitative estimate of drug-likeness (QED) is 0.286. The Bertz CT molecular complexity index is 1290. The van der Waals surface area contributed by atoms with Gasteiger partial charge in [0.1, 0.15) is 11.5 Å². The number of ether oxygens (including phenoxy) is 2. The molecule has 4 rings (SSSR count). The summed E-state index contributed by atoms with van der Waals surface area (Å²) in [5, 5.41) is 32.8. The number of carbonyl (C=O) groups is 1. The van der Waals surface area contributed by atoms with Crippen molar-refractivity contribution in [2.45, 2.75) is 33.2 Å². The summed E-state index contributed by atoms with van der Waals surface area (Å²) >= 11 is 0. The molecule has 1 aromatic heterocycles. The van der Waals surface area contributed by atoms with Crippen molar-refractivity contribution < 1.29 is 24.5 Å². The molecule has 2 heterocycles. The minimum absolute atomic E-state index is 0.00620. The Labute approximate surface area is 241 Å². The minimum Gasteiger partial charge on any atom is -0.508 e. The van der Waals surface area contributed by atoms with E-state index in [2.05, 4.69) is 32.2 Å². The van der Waals surface area contributed by atoms with Crippen LogP contribution in [0.5, 0.6) is 11.5 Å². The van der Waals surface area contributed by atoms with Crippen molar-refractivity contribution in [1.82, 2.24) is 29.9 Å². The molecule has 1 fully saturated rings. The molecule has 3 N–H and O–H groups in total. The molecule has 0 aliphatic carbocycles. The van der Waals surface area contributed by atoms with Gasteiger partial charge in [-0.15, -0.1) is 10.2 Å². The summed E-state index contributed by atoms with van der Waals surface area (Å²) in [7, 11) is 1.67. The number of methoxy groups -OCH3 is 1. The van der Waals surface area contributed by atoms with Gasteiger partial charge in [-0.25, -0.2) is 0 Å². The summed E-state index contributed by atoms with van der Waals surface area (Å²) in [6.45, 7) is 13.4. The molecule has 1 aliphatic heterocycles. The summed E-state index contributed by atoms with van der Waals surface area (Å²) in [5.74, 6) is -0.0797. The molecular formula is C30H42N6O5. The molecule has 2 aromatic carbocycles. The molecule has 3 aromatic rings. The molecule has 1 amide bonds. The van der Waals surface area contributed by atoms with Gasteiger partial charge < -0.3 is 25.0 Å². The third kappa shape index (κ3) is 7.62. The van der Waals surface area contributed by atoms with Gasteiger partial charge in [-0.3, -0.25) is 19.2 Å². The first-order chi connectivity index (χ1) is 19.8. The third-order valence-electron chi connectivity index (χ3n) is 7.35. The number of phenolic OH excluding ortho intramolecular Hbond substituents is 2. The Morgan fingerprint density at radius 2 is 1.83 bits per heavy atom. The van der Waals surface area contributed by atoms with E-state index in [0.29, 0.717) is 42.3 Å². The summed E-state index contributed by atoms with van der Waals surface area (Å²) in [6.07, 6.45) is 0. The smallest absolute Gasteiger partial charge is 0.289 e. The fourth-order valence-corrected chi connectivity index (χ4v) is 4.91. The number of nitrogens with one attached hydrogen (secondary N) is 1. The van der Waals surface area contributed by atoms with Gasteiger partial charge in [0, 0.05) is 58.1 Å². The van der Waals surface area contributed by atoms with Crippen molar-refractivity contribution in [2.24, 2.45) is 0 Å². The van der Waals surface area contributed by atoms with Crippen LogP contribution in [0.25, 0.3) is 17.1 Å². The normalized spacial score (nSPS) is 14.2. The zero-order valence-corrected chi connectivity index (χ0v) is 24.5. The van der Waals surface area contributed by atoms with Crippen LogP contribution in [0.15, 0.2) is 36.4 Å². The molecule has 0 atom stereocenters. The molecule has 0 radical (unpaired) electrons. The molecule has 222 valence electrons. The lowest BCUT2D eigenvalue weighted by atomic mass is 9.98. The van der Waals surface area contributed by atoms with Crippen LogP contribution in [0.4, 0.5) is 0 Å². The zero-order valence-electron chi connectivity index (χ0n) is 24.5. The van der Waals surface area contributed by atoms with E-state index in [1.54, 1.807) is 17.7 Å². The molecule has 0 bridgehead atoms. The molecule has 1 saturated heterocycles. The molecule has 11 nitrogen and oxygen atoms in total. The summed E-state index contributed by atoms with van der Waals surface area (Å²) < 4.78 is 12.3. The van der Waals surface area contributed by atoms with Gasteiger partial charge in [0.25, 0.3) is 5.91 Å². The second-order valence-corrected chi connectivity index (χ2v) is 10.5. The van der Waals surface area contributed by atoms with E-state index in [4.69, 9.17) is 9.47 Å². The first kappa shape index (κ1) is 30.4. The summed E-state index contributed by atoms with van der Waals surface area (Å²) in [6, 6.07) is 10.9. The monoisotopic (exact) mass is 566 g/mol. The molecular weight excluding hydrogens is 524 g/mol. The first-order valence-electron chi connectivity index (χ1n) is 14.2. The van der Waals surface area contributed by atoms with Gasteiger partial charge >= 0.3 is 0 Å². The standard InChI is InChI=1S/C30H42N6O5/c1-5-34(12-15-40-4)11-10-31-30(39)29-33-32-28(25-18-24(21(2)3)26(37)19-27(25)38)36(29)23-8-6-22(7-9-23)20-35-13-16-41-17-14-35/h6-9,18-19,21,37-38H,5,10-17,20H2,1-4H3,(H,31,39). The highest BCUT2D eigenvalue weighted by Gasteiger charge is 2.24. The molecule has 1 aliphatic rings. The Hall–Kier alpha value is -3.51. The van der Waals surface area contributed by atoms with Crippen molar-refractivity contribution in [1.29, 1.82) is 0 Å². The van der Waals surface area contributed by atoms with E-state index < -0.39 is 0 Å². The van der Waals surface area contributed by atoms with Crippen LogP contribution in [0.2, 0.25) is 0 Å². The highest BCUT2D eigenvalue weighted by molar-refractivity contribution is 5.92. The molecule has 0 unspecified atom stereocenters. The van der Waals surface area contributed by atoms with Gasteiger partial charge in [0.15, 0.2) is 5.82 Å². The predicted octanol–water partition coefficient (Wildman–Crippen LogP) is 3.00. The number of carbonyl (C=O) groups excluding carboxylic acids is 1. The number of rotatable bonds is 13. The fraction of sp³-hybridized carbons (Fsp3) is 0.500. The first-order valence-corrected chi connectivity index (χ1v) is 14.2. The third-order valence-corrected chi connectivity index (χ3v) is 7.35. The zero-order chi connectivity index (χ0) is 29.4. The lowest BCUT2D eigenvalue weighted by Gasteiger charge is -2.26. The summed E-state index contributed by atoms with van der Waals surface area (Å²) in [4.78, 5) is 17.9. The van der Waals surface area contributed by atoms with Gasteiger partial charge in [-0.05, 0) is 41.8 Å². The molecule has 0 spiro atoms. The number of likely N-dealkylation sites (N-methyl/N-ethyl adjacent to an activating group) is 1. The number of morpholine rings is 1. The van der Waals surface area contributed by atoms with Gasteiger partial charge in [0.05, 0.1) is 25.4 Å². The lowest BCUT2D eigenvalue weighted by Crippen LogP contribution is -2.37. The number of phenols is 2. The number of nitrogens with zero attached hydrogens (tertiary/aromatic N) is 5. The Morgan fingerprint density at radius 3 is 2.49 bits per heavy atom. The SMILES string of the molecule is CCN(CCNC(=O)c1nnc(-c2cc(C(C)C)c(O)cc2O)n1-c1ccc(CN2CCOCC2)cc1)CCOC. The minimum atomic E-state index is -0.369. The number of hydrogen-bond acceptors (Lipinski definition) is 9. The molecule has 0 saturated carbocycles. The number of amides is 1. The largest absolute Gasteiger partial charge is 0.508 e. The lowest BCUT2D eigenvalue weighted by molar-refractivity contribution is 0.0342. The van der Waals surface area contributed by atoms with Crippen LogP contribution in [-0.2, 0) is 16.0 Å². The maximum Gasteiger partial charge on any atom is 0.289 e. The van der Waals surface area contributed by atoms with Crippen molar-refractivity contribution in [2.75, 3.05) is 66.2 Å². The second kappa shape index (κ2) is 14.4. The van der Waals surface area contributed by atoms with Gasteiger partial charge in [-0.1, -0.05) is 32.9 Å². The predicted molar refractivity (Wildman–Crippen MR) is 157 cm³/mol. The van der Waals surface area contributed by atoms with Crippen LogP contribution in [0.1, 0.15) is 48.4 Å². The van der Waals surface area contributed by atoms with Crippen LogP contribution in [-0.4, -0.2) is 107 Å². The molecule has 41 heavy (non-hydrogen) atoms. The number of benzene rings is 2. The Balaban J connectivity index is 1.65. The van der Waals surface area contributed by atoms with Crippen LogP contribution >= 0.6 is 0 Å². The average Bonchev–Trinajstić information content (AvgIpc) is 3.40. The Kier molecular flexibility index (Phi) is 10.7. The topological polar surface area (TPSA) is 125 Å². The van der Waals surface area contributed by atoms with E-state index in [9.17, 15) is 15.0 Å². The highest BCUT2D eigenvalue weighted by atomic mass is 16.5. The van der Waals surface area contributed by atoms with Crippen molar-refractivity contribution in [3.05, 3.63) is 53.3 Å². The van der Waals surface area contributed by atoms with Crippen molar-refractivity contribution >= 4 is 5.91 Å². The summed E-state index contributed by atoms with van der Waals surface area (Å²) in [5.41, 5.74) is 2.87. The van der Waals surface area contributed by atoms with E-state index >= 15 is 0 Å². The second-order valence-electron chi connectivity index (χ2n) is 10.5. The van der Waals surface area contributed by atoms with Crippen molar-refractivity contribution in [3.8, 4) is 28.6 Å². The Morgan fingerprint density at radius 1 is 1.10 bits per heavy atom. The van der Waals surface area contributed by atoms with Crippen molar-refractivity contribution in [3.63, 3.8) is 0 Å². The molecule has 11 heteroatoms. The number of aromatic hydroxyl groups is 2. The highest BCUT2D eigenvalue weighted by Crippen LogP contribution is 2.38. The number of aromatic nitrogens is 3. The van der Waals surface area contributed by atoms with Gasteiger partial charge in [0.2, 0.25) is 5.82 Å².